The molecule has 6 N–H and O–H groups in total. The van der Waals surface area contributed by atoms with E-state index in [1.807, 2.05) is 36.4 Å². The minimum atomic E-state index is -2.03. The molecule has 13 nitrogen and oxygen atoms in total. The van der Waals surface area contributed by atoms with E-state index in [1.165, 1.54) is 14.2 Å². The van der Waals surface area contributed by atoms with E-state index in [1.54, 1.807) is 6.07 Å². The number of carbonyl (C=O) groups is 1. The molecule has 3 aromatic carbocycles. The van der Waals surface area contributed by atoms with Gasteiger partial charge in [0.2, 0.25) is 5.75 Å². The van der Waals surface area contributed by atoms with Gasteiger partial charge in [-0.1, -0.05) is 30.3 Å². The molecule has 4 heterocycles. The number of ether oxygens (including phenoxy) is 6. The van der Waals surface area contributed by atoms with Crippen LogP contribution in [0.4, 0.5) is 5.69 Å². The molecule has 238 valence electrons. The van der Waals surface area contributed by atoms with Crippen LogP contribution in [0.5, 0.6) is 28.7 Å². The topological polar surface area (TPSA) is 186 Å². The highest BCUT2D eigenvalue weighted by Gasteiger charge is 2.59. The van der Waals surface area contributed by atoms with Gasteiger partial charge < -0.3 is 59.3 Å². The lowest BCUT2D eigenvalue weighted by molar-refractivity contribution is -0.325. The lowest BCUT2D eigenvalue weighted by Gasteiger charge is -2.49. The zero-order valence-electron chi connectivity index (χ0n) is 24.4. The Morgan fingerprint density at radius 1 is 1.04 bits per heavy atom. The number of aliphatic carboxylic acids is 1. The Morgan fingerprint density at radius 3 is 2.51 bits per heavy atom. The summed E-state index contributed by atoms with van der Waals surface area (Å²) in [6.45, 7) is -0.137. The maximum absolute atomic E-state index is 11.9. The van der Waals surface area contributed by atoms with Crippen molar-refractivity contribution in [3.05, 3.63) is 59.2 Å². The summed E-state index contributed by atoms with van der Waals surface area (Å²) >= 11 is 0. The fourth-order valence-electron chi connectivity index (χ4n) is 6.87. The van der Waals surface area contributed by atoms with Crippen LogP contribution in [0.3, 0.4) is 0 Å². The first-order valence-electron chi connectivity index (χ1n) is 14.5. The number of hydrogen-bond acceptors (Lipinski definition) is 12. The first-order chi connectivity index (χ1) is 21.7. The van der Waals surface area contributed by atoms with Gasteiger partial charge in [-0.2, -0.15) is 0 Å². The zero-order valence-corrected chi connectivity index (χ0v) is 24.4. The minimum Gasteiger partial charge on any atom is -0.493 e. The number of carboxylic acid groups (broad SMARTS) is 1. The molecule has 1 saturated heterocycles. The lowest BCUT2D eigenvalue weighted by atomic mass is 9.82. The molecular formula is C32H33NO12. The molecule has 0 saturated carbocycles. The van der Waals surface area contributed by atoms with Crippen LogP contribution in [-0.4, -0.2) is 95.7 Å². The summed E-state index contributed by atoms with van der Waals surface area (Å²) in [6.07, 6.45) is -7.52. The summed E-state index contributed by atoms with van der Waals surface area (Å²) in [6, 6.07) is 13.0. The molecule has 3 aromatic rings. The number of aliphatic hydroxyl groups is 4. The number of anilines is 1. The van der Waals surface area contributed by atoms with Crippen LogP contribution in [0.2, 0.25) is 0 Å². The number of aliphatic hydroxyl groups excluding tert-OH is 4. The lowest BCUT2D eigenvalue weighted by Crippen LogP contribution is -2.71. The van der Waals surface area contributed by atoms with Gasteiger partial charge in [-0.3, -0.25) is 0 Å². The maximum Gasteiger partial charge on any atom is 0.335 e. The van der Waals surface area contributed by atoms with Crippen molar-refractivity contribution in [1.82, 2.24) is 0 Å². The van der Waals surface area contributed by atoms with E-state index in [2.05, 4.69) is 5.32 Å². The van der Waals surface area contributed by atoms with Gasteiger partial charge >= 0.3 is 5.97 Å². The summed E-state index contributed by atoms with van der Waals surface area (Å²) < 4.78 is 36.4. The highest BCUT2D eigenvalue weighted by atomic mass is 16.7. The number of nitrogens with one attached hydrogen (secondary N) is 1. The van der Waals surface area contributed by atoms with Crippen LogP contribution >= 0.6 is 0 Å². The Bertz CT molecular complexity index is 1650. The molecule has 13 heteroatoms. The van der Waals surface area contributed by atoms with Crippen molar-refractivity contribution in [3.8, 4) is 39.9 Å². The number of benzene rings is 3. The van der Waals surface area contributed by atoms with Crippen molar-refractivity contribution in [2.24, 2.45) is 0 Å². The zero-order chi connectivity index (χ0) is 31.6. The van der Waals surface area contributed by atoms with Crippen molar-refractivity contribution in [2.75, 3.05) is 39.3 Å². The SMILES string of the molecule is COc1cc(CCO)c2c(c1OC)OC1c3c(-c4ccccc4)cc4c(c3OCC21)NCC1(O4)OC(C(=O)O)C(O)C(O)C1O. The third-order valence-electron chi connectivity index (χ3n) is 8.97. The Hall–Kier alpha value is -4.27. The summed E-state index contributed by atoms with van der Waals surface area (Å²) in [5.74, 6) is -1.77. The van der Waals surface area contributed by atoms with Crippen molar-refractivity contribution < 1.29 is 58.7 Å². The molecule has 4 aliphatic rings. The fraction of sp³-hybridized carbons (Fsp3) is 0.406. The molecule has 1 fully saturated rings. The molecule has 0 aliphatic carbocycles. The van der Waals surface area contributed by atoms with Crippen molar-refractivity contribution in [2.45, 2.75) is 48.6 Å². The average Bonchev–Trinajstić information content (AvgIpc) is 3.45. The molecule has 7 atom stereocenters. The van der Waals surface area contributed by atoms with E-state index in [-0.39, 0.29) is 31.4 Å². The average molecular weight is 624 g/mol. The number of methoxy groups -OCH3 is 2. The normalized spacial score (nSPS) is 29.1. The molecule has 0 aromatic heterocycles. The van der Waals surface area contributed by atoms with Crippen molar-refractivity contribution in [3.63, 3.8) is 0 Å². The van der Waals surface area contributed by atoms with Gasteiger partial charge in [0.15, 0.2) is 29.1 Å². The van der Waals surface area contributed by atoms with Gasteiger partial charge in [0, 0.05) is 17.7 Å². The van der Waals surface area contributed by atoms with Gasteiger partial charge in [0.1, 0.15) is 30.1 Å². The molecule has 0 bridgehead atoms. The van der Waals surface area contributed by atoms with E-state index >= 15 is 0 Å². The maximum atomic E-state index is 11.9. The highest BCUT2D eigenvalue weighted by molar-refractivity contribution is 5.83. The molecule has 1 spiro atoms. The van der Waals surface area contributed by atoms with Crippen LogP contribution in [0.15, 0.2) is 42.5 Å². The third-order valence-corrected chi connectivity index (χ3v) is 8.97. The molecule has 7 unspecified atom stereocenters. The van der Waals surface area contributed by atoms with Gasteiger partial charge in [0.25, 0.3) is 5.79 Å². The Kier molecular flexibility index (Phi) is 7.17. The van der Waals surface area contributed by atoms with Gasteiger partial charge in [-0.25, -0.2) is 4.79 Å². The van der Waals surface area contributed by atoms with E-state index in [0.29, 0.717) is 40.7 Å². The van der Waals surface area contributed by atoms with Gasteiger partial charge in [0.05, 0.1) is 33.3 Å². The molecule has 0 radical (unpaired) electrons. The number of fused-ring (bicyclic) bond motifs is 7. The second kappa shape index (κ2) is 11.0. The second-order valence-corrected chi connectivity index (χ2v) is 11.4. The predicted molar refractivity (Wildman–Crippen MR) is 156 cm³/mol. The Balaban J connectivity index is 1.37. The van der Waals surface area contributed by atoms with E-state index < -0.39 is 42.3 Å². The number of rotatable bonds is 6. The molecule has 0 amide bonds. The van der Waals surface area contributed by atoms with Crippen LogP contribution in [0.25, 0.3) is 11.1 Å². The third kappa shape index (κ3) is 4.37. The number of hydrogen-bond donors (Lipinski definition) is 6. The molecule has 4 aliphatic heterocycles. The minimum absolute atomic E-state index is 0.0785. The van der Waals surface area contributed by atoms with Crippen molar-refractivity contribution in [1.29, 1.82) is 0 Å². The standard InChI is InChI=1S/C32H33NO12/c1-40-19-10-15(8-9-34)20-17-12-42-27-21(25(17)43-28(20)26(19)41-2)16(14-6-4-3-5-7-14)11-18-22(27)33-13-32(44-18)30(37)24(36)23(35)29(45-32)31(38)39/h3-7,10-11,17,23-25,29-30,33-37H,8-9,12-13H2,1-2H3,(H,38,39). The summed E-state index contributed by atoms with van der Waals surface area (Å²) in [5.41, 5.74) is 4.34. The van der Waals surface area contributed by atoms with Gasteiger partial charge in [-0.05, 0) is 35.2 Å². The van der Waals surface area contributed by atoms with E-state index in [4.69, 9.17) is 28.4 Å². The van der Waals surface area contributed by atoms with Gasteiger partial charge in [-0.15, -0.1) is 0 Å². The number of carboxylic acids is 1. The van der Waals surface area contributed by atoms with E-state index in [9.17, 15) is 30.3 Å². The highest BCUT2D eigenvalue weighted by Crippen LogP contribution is 2.61. The van der Waals surface area contributed by atoms with Crippen LogP contribution in [-0.2, 0) is 16.0 Å². The van der Waals surface area contributed by atoms with Crippen LogP contribution < -0.4 is 29.0 Å². The van der Waals surface area contributed by atoms with E-state index in [0.717, 1.165) is 22.3 Å². The van der Waals surface area contributed by atoms with Crippen molar-refractivity contribution >= 4 is 11.7 Å². The molecular weight excluding hydrogens is 590 g/mol. The monoisotopic (exact) mass is 623 g/mol. The largest absolute Gasteiger partial charge is 0.493 e. The molecule has 7 rings (SSSR count). The van der Waals surface area contributed by atoms with Crippen LogP contribution in [0, 0.1) is 0 Å². The first kappa shape index (κ1) is 29.4. The first-order valence-corrected chi connectivity index (χ1v) is 14.5. The quantitative estimate of drug-likeness (QED) is 0.233. The Labute approximate surface area is 257 Å². The second-order valence-electron chi connectivity index (χ2n) is 11.4. The summed E-state index contributed by atoms with van der Waals surface area (Å²) in [4.78, 5) is 11.9. The molecule has 45 heavy (non-hydrogen) atoms. The predicted octanol–water partition coefficient (Wildman–Crippen LogP) is 1.58. The van der Waals surface area contributed by atoms with Crippen LogP contribution in [0.1, 0.15) is 28.7 Å². The summed E-state index contributed by atoms with van der Waals surface area (Å²) in [7, 11) is 3.08. The smallest absolute Gasteiger partial charge is 0.335 e. The summed E-state index contributed by atoms with van der Waals surface area (Å²) in [5, 5.41) is 54.5. The Morgan fingerprint density at radius 2 is 1.82 bits per heavy atom. The fourth-order valence-corrected chi connectivity index (χ4v) is 6.87.